The van der Waals surface area contributed by atoms with E-state index in [-0.39, 0.29) is 0 Å². The zero-order valence-corrected chi connectivity index (χ0v) is 10.6. The molecule has 2 fully saturated rings. The van der Waals surface area contributed by atoms with Crippen molar-refractivity contribution in [1.29, 1.82) is 0 Å². The molecule has 1 heterocycles. The zero-order chi connectivity index (χ0) is 10.9. The van der Waals surface area contributed by atoms with Crippen molar-refractivity contribution in [1.82, 2.24) is 10.2 Å². The monoisotopic (exact) mass is 210 g/mol. The SMILES string of the molecule is CCC(C)(CC)N1CCC(NC2CC2)C1. The molecule has 1 unspecified atom stereocenters. The van der Waals surface area contributed by atoms with Gasteiger partial charge in [0, 0.05) is 30.7 Å². The molecule has 1 saturated carbocycles. The highest BCUT2D eigenvalue weighted by molar-refractivity contribution is 4.94. The van der Waals surface area contributed by atoms with Crippen LogP contribution in [0.1, 0.15) is 52.9 Å². The van der Waals surface area contributed by atoms with Crippen LogP contribution >= 0.6 is 0 Å². The minimum atomic E-state index is 0.444. The van der Waals surface area contributed by atoms with Gasteiger partial charge in [-0.3, -0.25) is 4.90 Å². The summed E-state index contributed by atoms with van der Waals surface area (Å²) >= 11 is 0. The molecule has 2 nitrogen and oxygen atoms in total. The largest absolute Gasteiger partial charge is 0.310 e. The molecule has 15 heavy (non-hydrogen) atoms. The molecule has 1 atom stereocenters. The van der Waals surface area contributed by atoms with Crippen LogP contribution in [0.15, 0.2) is 0 Å². The molecule has 2 aliphatic rings. The summed E-state index contributed by atoms with van der Waals surface area (Å²) in [4.78, 5) is 2.70. The maximum Gasteiger partial charge on any atom is 0.0209 e. The third-order valence-electron chi connectivity index (χ3n) is 4.52. The summed E-state index contributed by atoms with van der Waals surface area (Å²) < 4.78 is 0. The Bertz CT molecular complexity index is 207. The lowest BCUT2D eigenvalue weighted by molar-refractivity contribution is 0.122. The predicted octanol–water partition coefficient (Wildman–Crippen LogP) is 2.39. The lowest BCUT2D eigenvalue weighted by atomic mass is 9.93. The third kappa shape index (κ3) is 2.54. The Hall–Kier alpha value is -0.0800. The minimum absolute atomic E-state index is 0.444. The van der Waals surface area contributed by atoms with Gasteiger partial charge in [0.2, 0.25) is 0 Å². The molecule has 0 bridgehead atoms. The number of rotatable bonds is 5. The molecular weight excluding hydrogens is 184 g/mol. The van der Waals surface area contributed by atoms with E-state index in [9.17, 15) is 0 Å². The number of likely N-dealkylation sites (tertiary alicyclic amines) is 1. The molecule has 0 aromatic heterocycles. The fourth-order valence-corrected chi connectivity index (χ4v) is 2.67. The first kappa shape index (κ1) is 11.4. The number of hydrogen-bond donors (Lipinski definition) is 1. The smallest absolute Gasteiger partial charge is 0.0209 e. The minimum Gasteiger partial charge on any atom is -0.310 e. The van der Waals surface area contributed by atoms with Gasteiger partial charge in [0.05, 0.1) is 0 Å². The second-order valence-corrected chi connectivity index (χ2v) is 5.58. The maximum atomic E-state index is 3.76. The van der Waals surface area contributed by atoms with Crippen LogP contribution < -0.4 is 5.32 Å². The predicted molar refractivity (Wildman–Crippen MR) is 65.1 cm³/mol. The molecule has 2 rings (SSSR count). The van der Waals surface area contributed by atoms with Crippen LogP contribution in [0.25, 0.3) is 0 Å². The van der Waals surface area contributed by atoms with Crippen LogP contribution in [0.3, 0.4) is 0 Å². The van der Waals surface area contributed by atoms with Gasteiger partial charge in [-0.15, -0.1) is 0 Å². The molecule has 1 N–H and O–H groups in total. The number of nitrogens with zero attached hydrogens (tertiary/aromatic N) is 1. The Balaban J connectivity index is 1.84. The van der Waals surface area contributed by atoms with E-state index in [1.54, 1.807) is 0 Å². The molecule has 2 heteroatoms. The molecule has 88 valence electrons. The molecule has 1 saturated heterocycles. The average molecular weight is 210 g/mol. The Morgan fingerprint density at radius 1 is 1.13 bits per heavy atom. The van der Waals surface area contributed by atoms with Gasteiger partial charge in [-0.2, -0.15) is 0 Å². The van der Waals surface area contributed by atoms with Crippen molar-refractivity contribution in [2.24, 2.45) is 0 Å². The fraction of sp³-hybridized carbons (Fsp3) is 1.00. The Labute approximate surface area is 94.4 Å². The fourth-order valence-electron chi connectivity index (χ4n) is 2.67. The Morgan fingerprint density at radius 3 is 2.33 bits per heavy atom. The quantitative estimate of drug-likeness (QED) is 0.749. The van der Waals surface area contributed by atoms with Crippen molar-refractivity contribution in [2.45, 2.75) is 70.5 Å². The molecular formula is C13H26N2. The van der Waals surface area contributed by atoms with E-state index in [0.29, 0.717) is 5.54 Å². The first-order valence-corrected chi connectivity index (χ1v) is 6.69. The molecule has 1 aliphatic carbocycles. The van der Waals surface area contributed by atoms with Crippen LogP contribution in [-0.2, 0) is 0 Å². The standard InChI is InChI=1S/C13H26N2/c1-4-13(3,5-2)15-9-8-12(10-15)14-11-6-7-11/h11-12,14H,4-10H2,1-3H3. The summed E-state index contributed by atoms with van der Waals surface area (Å²) in [6.07, 6.45) is 6.73. The first-order valence-electron chi connectivity index (χ1n) is 6.69. The van der Waals surface area contributed by atoms with E-state index in [1.807, 2.05) is 0 Å². The van der Waals surface area contributed by atoms with Gasteiger partial charge in [-0.1, -0.05) is 13.8 Å². The van der Waals surface area contributed by atoms with E-state index in [4.69, 9.17) is 0 Å². The average Bonchev–Trinajstić information content (AvgIpc) is 2.93. The zero-order valence-electron chi connectivity index (χ0n) is 10.6. The third-order valence-corrected chi connectivity index (χ3v) is 4.52. The van der Waals surface area contributed by atoms with E-state index >= 15 is 0 Å². The molecule has 0 aromatic rings. The summed E-state index contributed by atoms with van der Waals surface area (Å²) in [5.74, 6) is 0. The summed E-state index contributed by atoms with van der Waals surface area (Å²) in [5, 5.41) is 3.76. The van der Waals surface area contributed by atoms with Crippen molar-refractivity contribution in [3.05, 3.63) is 0 Å². The van der Waals surface area contributed by atoms with Crippen molar-refractivity contribution < 1.29 is 0 Å². The van der Waals surface area contributed by atoms with E-state index < -0.39 is 0 Å². The molecule has 0 aromatic carbocycles. The topological polar surface area (TPSA) is 15.3 Å². The highest BCUT2D eigenvalue weighted by atomic mass is 15.2. The van der Waals surface area contributed by atoms with E-state index in [2.05, 4.69) is 31.0 Å². The van der Waals surface area contributed by atoms with Gasteiger partial charge in [-0.25, -0.2) is 0 Å². The van der Waals surface area contributed by atoms with Crippen molar-refractivity contribution in [2.75, 3.05) is 13.1 Å². The van der Waals surface area contributed by atoms with E-state index in [0.717, 1.165) is 12.1 Å². The second-order valence-electron chi connectivity index (χ2n) is 5.58. The Kier molecular flexibility index (Phi) is 3.36. The van der Waals surface area contributed by atoms with Gasteiger partial charge in [0.1, 0.15) is 0 Å². The van der Waals surface area contributed by atoms with Gasteiger partial charge >= 0.3 is 0 Å². The van der Waals surface area contributed by atoms with Crippen molar-refractivity contribution in [3.8, 4) is 0 Å². The van der Waals surface area contributed by atoms with Crippen LogP contribution in [0, 0.1) is 0 Å². The normalized spacial score (nSPS) is 28.6. The number of nitrogens with one attached hydrogen (secondary N) is 1. The lowest BCUT2D eigenvalue weighted by Crippen LogP contribution is -2.45. The van der Waals surface area contributed by atoms with Crippen LogP contribution in [-0.4, -0.2) is 35.6 Å². The second kappa shape index (κ2) is 4.42. The highest BCUT2D eigenvalue weighted by Gasteiger charge is 2.36. The lowest BCUT2D eigenvalue weighted by Gasteiger charge is -2.37. The van der Waals surface area contributed by atoms with Gasteiger partial charge < -0.3 is 5.32 Å². The first-order chi connectivity index (χ1) is 7.18. The van der Waals surface area contributed by atoms with E-state index in [1.165, 1.54) is 45.2 Å². The van der Waals surface area contributed by atoms with Crippen LogP contribution in [0.2, 0.25) is 0 Å². The molecule has 0 radical (unpaired) electrons. The highest BCUT2D eigenvalue weighted by Crippen LogP contribution is 2.29. The van der Waals surface area contributed by atoms with Gasteiger partial charge in [0.15, 0.2) is 0 Å². The van der Waals surface area contributed by atoms with Gasteiger partial charge in [-0.05, 0) is 39.0 Å². The molecule has 0 spiro atoms. The Morgan fingerprint density at radius 2 is 1.80 bits per heavy atom. The summed E-state index contributed by atoms with van der Waals surface area (Å²) in [6.45, 7) is 9.64. The van der Waals surface area contributed by atoms with Crippen molar-refractivity contribution >= 4 is 0 Å². The van der Waals surface area contributed by atoms with Crippen LogP contribution in [0.5, 0.6) is 0 Å². The van der Waals surface area contributed by atoms with Gasteiger partial charge in [0.25, 0.3) is 0 Å². The summed E-state index contributed by atoms with van der Waals surface area (Å²) in [6, 6.07) is 1.64. The molecule has 0 amide bonds. The number of hydrogen-bond acceptors (Lipinski definition) is 2. The summed E-state index contributed by atoms with van der Waals surface area (Å²) in [7, 11) is 0. The summed E-state index contributed by atoms with van der Waals surface area (Å²) in [5.41, 5.74) is 0.444. The van der Waals surface area contributed by atoms with Crippen LogP contribution in [0.4, 0.5) is 0 Å². The van der Waals surface area contributed by atoms with Crippen molar-refractivity contribution in [3.63, 3.8) is 0 Å². The molecule has 1 aliphatic heterocycles. The maximum absolute atomic E-state index is 3.76.